The maximum atomic E-state index is 14.3. The van der Waals surface area contributed by atoms with E-state index in [1.54, 1.807) is 42.8 Å². The van der Waals surface area contributed by atoms with Gasteiger partial charge in [-0.25, -0.2) is 14.0 Å². The summed E-state index contributed by atoms with van der Waals surface area (Å²) >= 11 is 0. The third kappa shape index (κ3) is 5.84. The molecule has 13 heteroatoms. The van der Waals surface area contributed by atoms with Gasteiger partial charge in [-0.1, -0.05) is 13.8 Å². The number of nitrogens with one attached hydrogen (secondary N) is 1. The van der Waals surface area contributed by atoms with Crippen LogP contribution in [-0.4, -0.2) is 77.0 Å². The first-order valence-corrected chi connectivity index (χ1v) is 13.0. The molecule has 1 atom stereocenters. The Morgan fingerprint density at radius 3 is 2.17 bits per heavy atom. The first kappa shape index (κ1) is 29.8. The summed E-state index contributed by atoms with van der Waals surface area (Å²) in [4.78, 5) is 55.3. The second-order valence-electron chi connectivity index (χ2n) is 10.8. The monoisotopic (exact) mass is 578 g/mol. The molecule has 0 aromatic heterocycles. The third-order valence-electron chi connectivity index (χ3n) is 7.66. The van der Waals surface area contributed by atoms with Crippen LogP contribution in [0.25, 0.3) is 0 Å². The van der Waals surface area contributed by atoms with Gasteiger partial charge in [0.1, 0.15) is 11.9 Å². The molecule has 0 bridgehead atoms. The van der Waals surface area contributed by atoms with Gasteiger partial charge in [0.15, 0.2) is 0 Å². The quantitative estimate of drug-likeness (QED) is 0.499. The Kier molecular flexibility index (Phi) is 8.01. The van der Waals surface area contributed by atoms with E-state index in [0.29, 0.717) is 43.3 Å². The van der Waals surface area contributed by atoms with E-state index < -0.39 is 58.4 Å². The number of rotatable bonds is 6. The number of likely N-dealkylation sites (N-methyl/N-ethyl adjacent to an activating group) is 1. The molecule has 0 aliphatic carbocycles. The number of carboxylic acids is 1. The lowest BCUT2D eigenvalue weighted by Gasteiger charge is -2.44. The Bertz CT molecular complexity index is 1350. The summed E-state index contributed by atoms with van der Waals surface area (Å²) < 4.78 is 53.7. The number of benzene rings is 2. The molecule has 2 fully saturated rings. The number of aromatic carboxylic acids is 1. The van der Waals surface area contributed by atoms with E-state index in [4.69, 9.17) is 0 Å². The molecule has 41 heavy (non-hydrogen) atoms. The second kappa shape index (κ2) is 11.0. The average molecular weight is 579 g/mol. The maximum Gasteiger partial charge on any atom is 0.416 e. The number of piperidine rings is 1. The molecular weight excluding hydrogens is 548 g/mol. The standard InChI is InChI=1S/C28H30F4N4O5/c1-16(2)22(33-23(37)20-14-18(28(30,31)32)6-9-21(20)29)24(38)35-12-10-27(11-13-35)15-34(3)26(41)36(27)19-7-4-17(5-8-19)25(39)40/h4-9,14,16,22H,10-13,15H2,1-3H3,(H,33,37)(H,39,40)/t22-/m1/s1. The molecule has 0 radical (unpaired) electrons. The Labute approximate surface area is 233 Å². The summed E-state index contributed by atoms with van der Waals surface area (Å²) in [5, 5.41) is 11.6. The number of urea groups is 1. The number of hydrogen-bond acceptors (Lipinski definition) is 4. The van der Waals surface area contributed by atoms with Gasteiger partial charge in [-0.05, 0) is 61.2 Å². The highest BCUT2D eigenvalue weighted by atomic mass is 19.4. The number of carboxylic acid groups (broad SMARTS) is 1. The van der Waals surface area contributed by atoms with Crippen molar-refractivity contribution >= 4 is 29.5 Å². The van der Waals surface area contributed by atoms with Crippen LogP contribution >= 0.6 is 0 Å². The molecule has 0 unspecified atom stereocenters. The fourth-order valence-corrected chi connectivity index (χ4v) is 5.42. The van der Waals surface area contributed by atoms with Crippen molar-refractivity contribution in [1.29, 1.82) is 0 Å². The SMILES string of the molecule is CC(C)[C@@H](NC(=O)c1cc(C(F)(F)F)ccc1F)C(=O)N1CCC2(CC1)CN(C)C(=O)N2c1ccc(C(=O)O)cc1. The van der Waals surface area contributed by atoms with Crippen LogP contribution in [0.5, 0.6) is 0 Å². The summed E-state index contributed by atoms with van der Waals surface area (Å²) in [6, 6.07) is 6.10. The van der Waals surface area contributed by atoms with Crippen molar-refractivity contribution in [3.63, 3.8) is 0 Å². The minimum Gasteiger partial charge on any atom is -0.478 e. The summed E-state index contributed by atoms with van der Waals surface area (Å²) in [5.74, 6) is -4.29. The zero-order chi connectivity index (χ0) is 30.3. The summed E-state index contributed by atoms with van der Waals surface area (Å²) in [5.41, 5.74) is -2.05. The predicted molar refractivity (Wildman–Crippen MR) is 140 cm³/mol. The van der Waals surface area contributed by atoms with Crippen LogP contribution in [0.4, 0.5) is 28.0 Å². The lowest BCUT2D eigenvalue weighted by atomic mass is 9.85. The van der Waals surface area contributed by atoms with Gasteiger partial charge in [0.2, 0.25) is 5.91 Å². The molecule has 2 heterocycles. The van der Waals surface area contributed by atoms with Gasteiger partial charge >= 0.3 is 18.2 Å². The van der Waals surface area contributed by atoms with E-state index in [9.17, 15) is 41.8 Å². The van der Waals surface area contributed by atoms with Crippen molar-refractivity contribution in [3.8, 4) is 0 Å². The molecule has 9 nitrogen and oxygen atoms in total. The zero-order valence-electron chi connectivity index (χ0n) is 22.7. The maximum absolute atomic E-state index is 14.3. The number of amides is 4. The minimum absolute atomic E-state index is 0.0787. The van der Waals surface area contributed by atoms with Crippen LogP contribution in [0.3, 0.4) is 0 Å². The third-order valence-corrected chi connectivity index (χ3v) is 7.66. The number of halogens is 4. The van der Waals surface area contributed by atoms with Crippen molar-refractivity contribution in [3.05, 3.63) is 65.0 Å². The highest BCUT2D eigenvalue weighted by Gasteiger charge is 2.51. The fraction of sp³-hybridized carbons (Fsp3) is 0.429. The van der Waals surface area contributed by atoms with Crippen LogP contribution in [0.15, 0.2) is 42.5 Å². The number of alkyl halides is 3. The lowest BCUT2D eigenvalue weighted by Crippen LogP contribution is -2.59. The van der Waals surface area contributed by atoms with Gasteiger partial charge < -0.3 is 20.2 Å². The van der Waals surface area contributed by atoms with Gasteiger partial charge in [-0.15, -0.1) is 0 Å². The van der Waals surface area contributed by atoms with E-state index in [1.807, 2.05) is 0 Å². The Morgan fingerprint density at radius 2 is 1.63 bits per heavy atom. The number of carbonyl (C=O) groups excluding carboxylic acids is 3. The van der Waals surface area contributed by atoms with Crippen LogP contribution in [0.2, 0.25) is 0 Å². The number of anilines is 1. The highest BCUT2D eigenvalue weighted by molar-refractivity contribution is 5.99. The van der Waals surface area contributed by atoms with Crippen molar-refractivity contribution in [2.24, 2.45) is 5.92 Å². The molecular formula is C28H30F4N4O5. The van der Waals surface area contributed by atoms with Gasteiger partial charge in [0.25, 0.3) is 5.91 Å². The molecule has 2 saturated heterocycles. The molecule has 4 rings (SSSR count). The smallest absolute Gasteiger partial charge is 0.416 e. The van der Waals surface area contributed by atoms with E-state index in [0.717, 1.165) is 0 Å². The predicted octanol–water partition coefficient (Wildman–Crippen LogP) is 4.23. The first-order chi connectivity index (χ1) is 19.1. The van der Waals surface area contributed by atoms with Crippen LogP contribution in [0, 0.1) is 11.7 Å². The molecule has 2 aliphatic heterocycles. The second-order valence-corrected chi connectivity index (χ2v) is 10.8. The van der Waals surface area contributed by atoms with E-state index in [2.05, 4.69) is 5.32 Å². The largest absolute Gasteiger partial charge is 0.478 e. The van der Waals surface area contributed by atoms with Gasteiger partial charge in [0, 0.05) is 32.4 Å². The van der Waals surface area contributed by atoms with Crippen molar-refractivity contribution in [2.75, 3.05) is 31.6 Å². The van der Waals surface area contributed by atoms with E-state index in [-0.39, 0.29) is 24.7 Å². The molecule has 0 saturated carbocycles. The highest BCUT2D eigenvalue weighted by Crippen LogP contribution is 2.39. The van der Waals surface area contributed by atoms with Crippen LogP contribution in [0.1, 0.15) is 53.0 Å². The summed E-state index contributed by atoms with van der Waals surface area (Å²) in [6.45, 7) is 4.14. The van der Waals surface area contributed by atoms with E-state index >= 15 is 0 Å². The zero-order valence-corrected chi connectivity index (χ0v) is 22.7. The Balaban J connectivity index is 1.50. The summed E-state index contributed by atoms with van der Waals surface area (Å²) in [7, 11) is 1.66. The average Bonchev–Trinajstić information content (AvgIpc) is 3.15. The molecule has 220 valence electrons. The van der Waals surface area contributed by atoms with Crippen molar-refractivity contribution in [1.82, 2.24) is 15.1 Å². The van der Waals surface area contributed by atoms with Crippen molar-refractivity contribution < 1.29 is 41.8 Å². The Morgan fingerprint density at radius 1 is 1.02 bits per heavy atom. The number of hydrogen-bond donors (Lipinski definition) is 2. The molecule has 2 aliphatic rings. The fourth-order valence-electron chi connectivity index (χ4n) is 5.42. The lowest BCUT2D eigenvalue weighted by molar-refractivity contribution is -0.138. The van der Waals surface area contributed by atoms with Gasteiger partial charge in [-0.2, -0.15) is 13.2 Å². The van der Waals surface area contributed by atoms with Crippen LogP contribution in [-0.2, 0) is 11.0 Å². The molecule has 1 spiro atoms. The number of nitrogens with zero attached hydrogens (tertiary/aromatic N) is 3. The molecule has 2 aromatic rings. The topological polar surface area (TPSA) is 110 Å². The number of likely N-dealkylation sites (tertiary alicyclic amines) is 1. The summed E-state index contributed by atoms with van der Waals surface area (Å²) in [6.07, 6.45) is -4.01. The van der Waals surface area contributed by atoms with Crippen LogP contribution < -0.4 is 10.2 Å². The Hall–Kier alpha value is -4.16. The molecule has 2 N–H and O–H groups in total. The molecule has 2 aromatic carbocycles. The first-order valence-electron chi connectivity index (χ1n) is 13.0. The van der Waals surface area contributed by atoms with Crippen molar-refractivity contribution in [2.45, 2.75) is 44.4 Å². The number of carbonyl (C=O) groups is 4. The normalized spacial score (nSPS) is 17.8. The van der Waals surface area contributed by atoms with Gasteiger partial charge in [-0.3, -0.25) is 14.5 Å². The van der Waals surface area contributed by atoms with E-state index in [1.165, 1.54) is 17.0 Å². The van der Waals surface area contributed by atoms with Gasteiger partial charge in [0.05, 0.1) is 22.2 Å². The molecule has 4 amide bonds. The minimum atomic E-state index is -4.78.